The molecule has 1 aromatic heterocycles. The molecular weight excluding hydrogens is 456 g/mol. The molecule has 0 spiro atoms. The zero-order chi connectivity index (χ0) is 24.6. The van der Waals surface area contributed by atoms with Crippen molar-refractivity contribution in [3.05, 3.63) is 101 Å². The molecule has 35 heavy (non-hydrogen) atoms. The van der Waals surface area contributed by atoms with Crippen molar-refractivity contribution < 1.29 is 13.2 Å². The lowest BCUT2D eigenvalue weighted by Crippen LogP contribution is -2.34. The monoisotopic (exact) mass is 486 g/mol. The van der Waals surface area contributed by atoms with E-state index in [0.717, 1.165) is 17.9 Å². The Bertz CT molecular complexity index is 1520. The molecule has 3 aromatic carbocycles. The zero-order valence-corrected chi connectivity index (χ0v) is 21.2. The third-order valence-electron chi connectivity index (χ3n) is 6.85. The van der Waals surface area contributed by atoms with Gasteiger partial charge in [-0.1, -0.05) is 48.5 Å². The predicted molar refractivity (Wildman–Crippen MR) is 141 cm³/mol. The number of benzene rings is 3. The van der Waals surface area contributed by atoms with Crippen LogP contribution >= 0.6 is 0 Å². The van der Waals surface area contributed by atoms with Crippen molar-refractivity contribution in [2.45, 2.75) is 31.7 Å². The van der Waals surface area contributed by atoms with Crippen LogP contribution in [-0.4, -0.2) is 37.5 Å². The Labute approximate surface area is 207 Å². The van der Waals surface area contributed by atoms with E-state index in [-0.39, 0.29) is 0 Å². The number of hydrogen-bond donors (Lipinski definition) is 0. The molecule has 0 N–H and O–H groups in total. The second-order valence-corrected chi connectivity index (χ2v) is 11.0. The fraction of sp³-hybridized carbons (Fsp3) is 0.241. The third kappa shape index (κ3) is 4.40. The van der Waals surface area contributed by atoms with Gasteiger partial charge in [0.2, 0.25) is 10.0 Å². The summed E-state index contributed by atoms with van der Waals surface area (Å²) in [6.07, 6.45) is 2.77. The Morgan fingerprint density at radius 1 is 0.943 bits per heavy atom. The average molecular weight is 487 g/mol. The number of aryl methyl sites for hydroxylation is 1. The summed E-state index contributed by atoms with van der Waals surface area (Å²) in [5.74, 6) is 0.848. The van der Waals surface area contributed by atoms with Gasteiger partial charge in [-0.05, 0) is 67.3 Å². The fourth-order valence-electron chi connectivity index (χ4n) is 4.97. The van der Waals surface area contributed by atoms with Crippen molar-refractivity contribution in [1.82, 2.24) is 8.87 Å². The maximum absolute atomic E-state index is 13.2. The number of ether oxygens (including phenoxy) is 1. The van der Waals surface area contributed by atoms with Gasteiger partial charge in [0.25, 0.3) is 0 Å². The van der Waals surface area contributed by atoms with E-state index in [2.05, 4.69) is 54.0 Å². The van der Waals surface area contributed by atoms with Crippen molar-refractivity contribution in [3.63, 3.8) is 0 Å². The number of nitrogens with zero attached hydrogens (tertiary/aromatic N) is 2. The van der Waals surface area contributed by atoms with Gasteiger partial charge in [0.1, 0.15) is 5.75 Å². The minimum Gasteiger partial charge on any atom is -0.497 e. The molecule has 5 rings (SSSR count). The number of sulfonamides is 1. The maximum atomic E-state index is 13.2. The minimum absolute atomic E-state index is 0.363. The van der Waals surface area contributed by atoms with Crippen LogP contribution in [0.2, 0.25) is 0 Å². The first kappa shape index (κ1) is 23.4. The third-order valence-corrected chi connectivity index (χ3v) is 8.71. The number of rotatable bonds is 6. The van der Waals surface area contributed by atoms with E-state index in [1.54, 1.807) is 29.6 Å². The molecule has 0 saturated carbocycles. The summed E-state index contributed by atoms with van der Waals surface area (Å²) < 4.78 is 35.6. The molecule has 5 nitrogen and oxygen atoms in total. The number of fused-ring (bicyclic) bond motifs is 1. The van der Waals surface area contributed by atoms with Crippen molar-refractivity contribution in [2.75, 3.05) is 20.2 Å². The van der Waals surface area contributed by atoms with Crippen molar-refractivity contribution in [2.24, 2.45) is 0 Å². The Balaban J connectivity index is 1.47. The number of aromatic nitrogens is 1. The van der Waals surface area contributed by atoms with E-state index >= 15 is 0 Å². The number of para-hydroxylation sites is 1. The first-order chi connectivity index (χ1) is 16.9. The second-order valence-electron chi connectivity index (χ2n) is 9.07. The summed E-state index contributed by atoms with van der Waals surface area (Å²) in [4.78, 5) is 0.363. The van der Waals surface area contributed by atoms with Crippen LogP contribution in [0.5, 0.6) is 5.75 Å². The molecule has 1 aliphatic rings. The lowest BCUT2D eigenvalue weighted by molar-refractivity contribution is 0.414. The molecule has 0 radical (unpaired) electrons. The Kier molecular flexibility index (Phi) is 6.26. The highest BCUT2D eigenvalue weighted by Gasteiger charge is 2.28. The molecule has 180 valence electrons. The number of methoxy groups -OCH3 is 1. The molecule has 0 bridgehead atoms. The standard InChI is InChI=1S/C29H30N2O3S/c1-21-7-6-8-26(19-21)35(32,33)30-17-15-24(16-18-30)29-22(2)31(28-10-5-4-9-27(28)29)20-23-11-13-25(34-3)14-12-23/h4-15,19H,16-18,20H2,1-3H3. The molecule has 6 heteroatoms. The van der Waals surface area contributed by atoms with Crippen LogP contribution in [0, 0.1) is 13.8 Å². The van der Waals surface area contributed by atoms with Gasteiger partial charge in [-0.3, -0.25) is 0 Å². The van der Waals surface area contributed by atoms with Crippen LogP contribution in [0.1, 0.15) is 28.8 Å². The fourth-order valence-corrected chi connectivity index (χ4v) is 6.46. The highest BCUT2D eigenvalue weighted by Crippen LogP contribution is 2.36. The van der Waals surface area contributed by atoms with Gasteiger partial charge in [0, 0.05) is 41.8 Å². The van der Waals surface area contributed by atoms with Gasteiger partial charge in [0.15, 0.2) is 0 Å². The largest absolute Gasteiger partial charge is 0.497 e. The molecule has 4 aromatic rings. The predicted octanol–water partition coefficient (Wildman–Crippen LogP) is 5.79. The summed E-state index contributed by atoms with van der Waals surface area (Å²) in [6.45, 7) is 5.69. The van der Waals surface area contributed by atoms with Crippen LogP contribution in [0.25, 0.3) is 16.5 Å². The van der Waals surface area contributed by atoms with E-state index in [9.17, 15) is 8.42 Å². The summed E-state index contributed by atoms with van der Waals surface area (Å²) in [5, 5.41) is 1.21. The van der Waals surface area contributed by atoms with Gasteiger partial charge in [-0.25, -0.2) is 8.42 Å². The molecule has 0 aliphatic carbocycles. The summed E-state index contributed by atoms with van der Waals surface area (Å²) in [7, 11) is -1.83. The highest BCUT2D eigenvalue weighted by atomic mass is 32.2. The van der Waals surface area contributed by atoms with Crippen LogP contribution in [-0.2, 0) is 16.6 Å². The van der Waals surface area contributed by atoms with Gasteiger partial charge in [-0.2, -0.15) is 4.31 Å². The van der Waals surface area contributed by atoms with Crippen LogP contribution in [0.15, 0.2) is 83.8 Å². The molecule has 0 atom stereocenters. The quantitative estimate of drug-likeness (QED) is 0.346. The Hall–Kier alpha value is -3.35. The molecular formula is C29H30N2O3S. The Morgan fingerprint density at radius 2 is 1.71 bits per heavy atom. The Morgan fingerprint density at radius 3 is 2.40 bits per heavy atom. The zero-order valence-electron chi connectivity index (χ0n) is 20.4. The summed E-state index contributed by atoms with van der Waals surface area (Å²) in [5.41, 5.74) is 6.97. The van der Waals surface area contributed by atoms with Gasteiger partial charge in [0.05, 0.1) is 12.0 Å². The summed E-state index contributed by atoms with van der Waals surface area (Å²) >= 11 is 0. The molecule has 2 heterocycles. The van der Waals surface area contributed by atoms with E-state index in [0.29, 0.717) is 24.4 Å². The van der Waals surface area contributed by atoms with E-state index in [1.807, 2.05) is 25.1 Å². The highest BCUT2D eigenvalue weighted by molar-refractivity contribution is 7.89. The summed E-state index contributed by atoms with van der Waals surface area (Å²) in [6, 6.07) is 23.8. The molecule has 0 unspecified atom stereocenters. The average Bonchev–Trinajstić information content (AvgIpc) is 3.15. The second kappa shape index (κ2) is 9.36. The molecule has 1 aliphatic heterocycles. The lowest BCUT2D eigenvalue weighted by Gasteiger charge is -2.26. The normalized spacial score (nSPS) is 14.8. The van der Waals surface area contributed by atoms with Gasteiger partial charge in [-0.15, -0.1) is 0 Å². The van der Waals surface area contributed by atoms with Crippen LogP contribution in [0.4, 0.5) is 0 Å². The van der Waals surface area contributed by atoms with E-state index in [4.69, 9.17) is 4.74 Å². The topological polar surface area (TPSA) is 51.5 Å². The molecule has 0 saturated heterocycles. The first-order valence-electron chi connectivity index (χ1n) is 11.9. The van der Waals surface area contributed by atoms with Crippen molar-refractivity contribution in [1.29, 1.82) is 0 Å². The van der Waals surface area contributed by atoms with Crippen molar-refractivity contribution in [3.8, 4) is 5.75 Å². The minimum atomic E-state index is -3.51. The lowest BCUT2D eigenvalue weighted by atomic mass is 9.97. The number of hydrogen-bond acceptors (Lipinski definition) is 3. The van der Waals surface area contributed by atoms with Crippen molar-refractivity contribution >= 4 is 26.5 Å². The maximum Gasteiger partial charge on any atom is 0.243 e. The van der Waals surface area contributed by atoms with Gasteiger partial charge < -0.3 is 9.30 Å². The van der Waals surface area contributed by atoms with E-state index in [1.165, 1.54) is 33.3 Å². The SMILES string of the molecule is COc1ccc(Cn2c(C)c(C3=CCN(S(=O)(=O)c4cccc(C)c4)CC3)c3ccccc32)cc1. The smallest absolute Gasteiger partial charge is 0.243 e. The van der Waals surface area contributed by atoms with Gasteiger partial charge >= 0.3 is 0 Å². The molecule has 0 amide bonds. The van der Waals surface area contributed by atoms with Crippen LogP contribution < -0.4 is 4.74 Å². The first-order valence-corrected chi connectivity index (χ1v) is 13.3. The molecule has 0 fully saturated rings. The van der Waals surface area contributed by atoms with Crippen LogP contribution in [0.3, 0.4) is 0 Å². The van der Waals surface area contributed by atoms with E-state index < -0.39 is 10.0 Å².